The Hall–Kier alpha value is -0.120. The number of aliphatic imine (C=N–C) groups is 1. The van der Waals surface area contributed by atoms with E-state index in [1.165, 1.54) is 0 Å². The van der Waals surface area contributed by atoms with E-state index < -0.39 is 0 Å². The Kier molecular flexibility index (Phi) is 11.4. The lowest BCUT2D eigenvalue weighted by Crippen LogP contribution is -2.52. The first-order chi connectivity index (χ1) is 9.60. The van der Waals surface area contributed by atoms with Gasteiger partial charge in [-0.15, -0.1) is 24.0 Å². The van der Waals surface area contributed by atoms with E-state index in [9.17, 15) is 0 Å². The number of nitrogens with zero attached hydrogens (tertiary/aromatic N) is 2. The highest BCUT2D eigenvalue weighted by Gasteiger charge is 2.27. The van der Waals surface area contributed by atoms with Gasteiger partial charge in [-0.1, -0.05) is 0 Å². The third kappa shape index (κ3) is 8.18. The number of rotatable bonds is 7. The summed E-state index contributed by atoms with van der Waals surface area (Å²) in [6.07, 6.45) is 0. The molecule has 7 heteroatoms. The van der Waals surface area contributed by atoms with Crippen molar-refractivity contribution in [2.45, 2.75) is 26.3 Å². The normalized spacial score (nSPS) is 17.2. The summed E-state index contributed by atoms with van der Waals surface area (Å²) < 4.78 is 10.5. The van der Waals surface area contributed by atoms with Crippen molar-refractivity contribution in [1.82, 2.24) is 15.5 Å². The highest BCUT2D eigenvalue weighted by atomic mass is 127. The van der Waals surface area contributed by atoms with Crippen LogP contribution >= 0.6 is 24.0 Å². The number of morpholine rings is 1. The minimum absolute atomic E-state index is 0. The summed E-state index contributed by atoms with van der Waals surface area (Å²) in [5, 5.41) is 6.52. The third-order valence-electron chi connectivity index (χ3n) is 3.43. The highest BCUT2D eigenvalue weighted by Crippen LogP contribution is 2.16. The number of ether oxygens (including phenoxy) is 2. The topological polar surface area (TPSA) is 58.1 Å². The molecule has 1 aliphatic heterocycles. The van der Waals surface area contributed by atoms with Crippen molar-refractivity contribution in [1.29, 1.82) is 0 Å². The lowest BCUT2D eigenvalue weighted by Gasteiger charge is -2.39. The third-order valence-corrected chi connectivity index (χ3v) is 3.43. The van der Waals surface area contributed by atoms with E-state index in [4.69, 9.17) is 9.47 Å². The van der Waals surface area contributed by atoms with Crippen LogP contribution in [0.3, 0.4) is 0 Å². The van der Waals surface area contributed by atoms with Crippen molar-refractivity contribution >= 4 is 29.9 Å². The summed E-state index contributed by atoms with van der Waals surface area (Å²) >= 11 is 0. The molecule has 6 nitrogen and oxygen atoms in total. The molecule has 0 amide bonds. The van der Waals surface area contributed by atoms with Crippen LogP contribution in [0.5, 0.6) is 0 Å². The molecule has 0 atom stereocenters. The first-order valence-electron chi connectivity index (χ1n) is 7.44. The summed E-state index contributed by atoms with van der Waals surface area (Å²) in [5.41, 5.74) is 0.0490. The van der Waals surface area contributed by atoms with E-state index >= 15 is 0 Å². The van der Waals surface area contributed by atoms with Crippen LogP contribution in [0.25, 0.3) is 0 Å². The Labute approximate surface area is 146 Å². The molecule has 1 aliphatic rings. The zero-order valence-corrected chi connectivity index (χ0v) is 16.1. The molecule has 1 fully saturated rings. The second-order valence-electron chi connectivity index (χ2n) is 5.53. The minimum Gasteiger partial charge on any atom is -0.383 e. The quantitative estimate of drug-likeness (QED) is 0.281. The first kappa shape index (κ1) is 20.9. The van der Waals surface area contributed by atoms with Crippen LogP contribution in [-0.2, 0) is 9.47 Å². The summed E-state index contributed by atoms with van der Waals surface area (Å²) in [4.78, 5) is 7.13. The maximum atomic E-state index is 5.41. The Morgan fingerprint density at radius 1 is 1.29 bits per heavy atom. The van der Waals surface area contributed by atoms with E-state index in [0.717, 1.165) is 51.9 Å². The van der Waals surface area contributed by atoms with E-state index in [-0.39, 0.29) is 29.5 Å². The van der Waals surface area contributed by atoms with Crippen molar-refractivity contribution in [3.05, 3.63) is 0 Å². The fraction of sp³-hybridized carbons (Fsp3) is 0.929. The Balaban J connectivity index is 0.00000400. The molecule has 1 saturated heterocycles. The van der Waals surface area contributed by atoms with Gasteiger partial charge in [0.2, 0.25) is 0 Å². The number of hydrogen-bond donors (Lipinski definition) is 2. The SMILES string of the molecule is CCNC(=NCC(C)(C)N1CCOCC1)NCCOC.I. The average Bonchev–Trinajstić information content (AvgIpc) is 2.46. The molecular weight excluding hydrogens is 383 g/mol. The molecule has 0 aromatic heterocycles. The summed E-state index contributed by atoms with van der Waals surface area (Å²) in [6, 6.07) is 0. The predicted molar refractivity (Wildman–Crippen MR) is 97.7 cm³/mol. The molecule has 2 N–H and O–H groups in total. The van der Waals surface area contributed by atoms with Gasteiger partial charge >= 0.3 is 0 Å². The number of guanidine groups is 1. The molecule has 0 unspecified atom stereocenters. The number of halogens is 1. The monoisotopic (exact) mass is 414 g/mol. The Bertz CT molecular complexity index is 295. The van der Waals surface area contributed by atoms with Gasteiger partial charge in [-0.3, -0.25) is 9.89 Å². The van der Waals surface area contributed by atoms with E-state index in [2.05, 4.69) is 41.3 Å². The molecular formula is C14H31IN4O2. The molecule has 0 spiro atoms. The van der Waals surface area contributed by atoms with Crippen molar-refractivity contribution in [3.8, 4) is 0 Å². The first-order valence-corrected chi connectivity index (χ1v) is 7.44. The van der Waals surface area contributed by atoms with Crippen LogP contribution in [0, 0.1) is 0 Å². The molecule has 1 heterocycles. The van der Waals surface area contributed by atoms with E-state index in [1.54, 1.807) is 7.11 Å². The molecule has 0 bridgehead atoms. The van der Waals surface area contributed by atoms with Gasteiger partial charge in [0.15, 0.2) is 5.96 Å². The molecule has 0 saturated carbocycles. The molecule has 21 heavy (non-hydrogen) atoms. The van der Waals surface area contributed by atoms with Crippen LogP contribution in [0.4, 0.5) is 0 Å². The summed E-state index contributed by atoms with van der Waals surface area (Å²) in [5.74, 6) is 0.853. The van der Waals surface area contributed by atoms with Crippen LogP contribution in [-0.4, -0.2) is 76.1 Å². The van der Waals surface area contributed by atoms with Crippen LogP contribution in [0.1, 0.15) is 20.8 Å². The summed E-state index contributed by atoms with van der Waals surface area (Å²) in [7, 11) is 1.70. The highest BCUT2D eigenvalue weighted by molar-refractivity contribution is 14.0. The van der Waals surface area contributed by atoms with E-state index in [0.29, 0.717) is 6.61 Å². The fourth-order valence-electron chi connectivity index (χ4n) is 2.15. The van der Waals surface area contributed by atoms with Crippen molar-refractivity contribution in [2.24, 2.45) is 4.99 Å². The largest absolute Gasteiger partial charge is 0.383 e. The fourth-order valence-corrected chi connectivity index (χ4v) is 2.15. The van der Waals surface area contributed by atoms with Gasteiger partial charge in [-0.05, 0) is 20.8 Å². The number of methoxy groups -OCH3 is 1. The van der Waals surface area contributed by atoms with Gasteiger partial charge < -0.3 is 20.1 Å². The van der Waals surface area contributed by atoms with Crippen molar-refractivity contribution in [2.75, 3.05) is 59.7 Å². The van der Waals surface area contributed by atoms with Gasteiger partial charge in [0.1, 0.15) is 0 Å². The molecule has 0 aromatic rings. The Morgan fingerprint density at radius 3 is 2.52 bits per heavy atom. The smallest absolute Gasteiger partial charge is 0.191 e. The van der Waals surface area contributed by atoms with Gasteiger partial charge in [0.25, 0.3) is 0 Å². The summed E-state index contributed by atoms with van der Waals surface area (Å²) in [6.45, 7) is 13.2. The predicted octanol–water partition coefficient (Wildman–Crippen LogP) is 0.917. The molecule has 0 aromatic carbocycles. The molecule has 126 valence electrons. The molecule has 1 rings (SSSR count). The van der Waals surface area contributed by atoms with Crippen LogP contribution in [0.2, 0.25) is 0 Å². The average molecular weight is 414 g/mol. The molecule has 0 radical (unpaired) electrons. The minimum atomic E-state index is 0. The second-order valence-corrected chi connectivity index (χ2v) is 5.53. The zero-order chi connectivity index (χ0) is 14.8. The number of hydrogen-bond acceptors (Lipinski definition) is 4. The maximum absolute atomic E-state index is 5.41. The maximum Gasteiger partial charge on any atom is 0.191 e. The van der Waals surface area contributed by atoms with Crippen molar-refractivity contribution in [3.63, 3.8) is 0 Å². The lowest BCUT2D eigenvalue weighted by molar-refractivity contribution is -0.00684. The van der Waals surface area contributed by atoms with Gasteiger partial charge in [0.05, 0.1) is 26.4 Å². The standard InChI is InChI=1S/C14H30N4O2.HI/c1-5-15-13(16-6-9-19-4)17-12-14(2,3)18-7-10-20-11-8-18;/h5-12H2,1-4H3,(H2,15,16,17);1H. The Morgan fingerprint density at radius 2 is 1.95 bits per heavy atom. The van der Waals surface area contributed by atoms with Gasteiger partial charge in [0, 0.05) is 38.8 Å². The van der Waals surface area contributed by atoms with Gasteiger partial charge in [-0.25, -0.2) is 0 Å². The van der Waals surface area contributed by atoms with E-state index in [1.807, 2.05) is 0 Å². The van der Waals surface area contributed by atoms with Gasteiger partial charge in [-0.2, -0.15) is 0 Å². The van der Waals surface area contributed by atoms with Crippen molar-refractivity contribution < 1.29 is 9.47 Å². The molecule has 0 aliphatic carbocycles. The lowest BCUT2D eigenvalue weighted by atomic mass is 10.0. The zero-order valence-electron chi connectivity index (χ0n) is 13.8. The number of nitrogens with one attached hydrogen (secondary N) is 2. The van der Waals surface area contributed by atoms with Crippen LogP contribution in [0.15, 0.2) is 4.99 Å². The van der Waals surface area contributed by atoms with Crippen LogP contribution < -0.4 is 10.6 Å². The second kappa shape index (κ2) is 11.4.